The van der Waals surface area contributed by atoms with E-state index in [1.165, 1.54) is 0 Å². The Labute approximate surface area is 94.5 Å². The number of hydrogen-bond donors (Lipinski definition) is 0. The van der Waals surface area contributed by atoms with Gasteiger partial charge in [-0.05, 0) is 29.7 Å². The van der Waals surface area contributed by atoms with E-state index in [0.717, 1.165) is 16.5 Å². The average Bonchev–Trinajstić information content (AvgIpc) is 2.36. The minimum Gasteiger partial charge on any atom is -0.496 e. The monoisotopic (exact) mass is 217 g/mol. The van der Waals surface area contributed by atoms with Gasteiger partial charge in [0.1, 0.15) is 5.75 Å². The maximum absolute atomic E-state index is 5.34. The first-order valence-corrected chi connectivity index (χ1v) is 4.91. The number of fused-ring (bicyclic) bond motifs is 1. The Bertz CT molecular complexity index is 506. The number of hydrogen-bond acceptors (Lipinski definition) is 3. The van der Waals surface area contributed by atoms with Crippen LogP contribution in [0.15, 0.2) is 24.3 Å². The summed E-state index contributed by atoms with van der Waals surface area (Å²) in [5.41, 5.74) is 0. The van der Waals surface area contributed by atoms with Gasteiger partial charge in [-0.2, -0.15) is 0 Å². The Hall–Kier alpha value is -1.90. The lowest BCUT2D eigenvalue weighted by molar-refractivity contribution is 0.358. The molecule has 0 aliphatic heterocycles. The summed E-state index contributed by atoms with van der Waals surface area (Å²) in [5, 5.41) is 1.90. The molecule has 0 unspecified atom stereocenters. The van der Waals surface area contributed by atoms with E-state index in [9.17, 15) is 0 Å². The molecule has 0 aliphatic carbocycles. The van der Waals surface area contributed by atoms with Crippen molar-refractivity contribution >= 4 is 10.8 Å². The van der Waals surface area contributed by atoms with Crippen LogP contribution in [0.25, 0.3) is 10.8 Å². The second kappa shape index (κ2) is 4.31. The molecular formula is C13H13O3. The third-order valence-electron chi connectivity index (χ3n) is 2.46. The van der Waals surface area contributed by atoms with Crippen molar-refractivity contribution in [3.05, 3.63) is 30.3 Å². The fourth-order valence-electron chi connectivity index (χ4n) is 1.68. The largest absolute Gasteiger partial charge is 0.496 e. The first-order valence-electron chi connectivity index (χ1n) is 4.91. The van der Waals surface area contributed by atoms with Crippen molar-refractivity contribution in [1.82, 2.24) is 0 Å². The summed E-state index contributed by atoms with van der Waals surface area (Å²) in [6.07, 6.45) is 0. The van der Waals surface area contributed by atoms with Crippen LogP contribution < -0.4 is 14.2 Å². The lowest BCUT2D eigenvalue weighted by atomic mass is 10.1. The van der Waals surface area contributed by atoms with Crippen LogP contribution in [-0.2, 0) is 0 Å². The highest BCUT2D eigenvalue weighted by Gasteiger charge is 2.09. The third-order valence-corrected chi connectivity index (χ3v) is 2.46. The molecule has 0 fully saturated rings. The van der Waals surface area contributed by atoms with Crippen LogP contribution >= 0.6 is 0 Å². The van der Waals surface area contributed by atoms with Gasteiger partial charge in [0.2, 0.25) is 0 Å². The molecule has 0 amide bonds. The van der Waals surface area contributed by atoms with E-state index in [1.54, 1.807) is 21.3 Å². The first-order chi connectivity index (χ1) is 7.80. The summed E-state index contributed by atoms with van der Waals surface area (Å²) in [5.74, 6) is 2.15. The van der Waals surface area contributed by atoms with Crippen LogP contribution in [0.1, 0.15) is 0 Å². The Morgan fingerprint density at radius 2 is 1.69 bits per heavy atom. The van der Waals surface area contributed by atoms with E-state index >= 15 is 0 Å². The van der Waals surface area contributed by atoms with Crippen LogP contribution in [0.5, 0.6) is 17.2 Å². The predicted molar refractivity (Wildman–Crippen MR) is 62.4 cm³/mol. The summed E-state index contributed by atoms with van der Waals surface area (Å²) in [6.45, 7) is 0. The van der Waals surface area contributed by atoms with Gasteiger partial charge < -0.3 is 14.2 Å². The summed E-state index contributed by atoms with van der Waals surface area (Å²) in [4.78, 5) is 0. The molecule has 2 aromatic rings. The zero-order valence-electron chi connectivity index (χ0n) is 9.53. The van der Waals surface area contributed by atoms with Gasteiger partial charge in [0.25, 0.3) is 0 Å². The zero-order chi connectivity index (χ0) is 11.5. The highest BCUT2D eigenvalue weighted by atomic mass is 16.5. The molecule has 16 heavy (non-hydrogen) atoms. The molecule has 0 aromatic heterocycles. The second-order valence-electron chi connectivity index (χ2n) is 3.29. The van der Waals surface area contributed by atoms with Gasteiger partial charge >= 0.3 is 0 Å². The molecular weight excluding hydrogens is 204 g/mol. The molecule has 2 rings (SSSR count). The Morgan fingerprint density at radius 3 is 2.31 bits per heavy atom. The smallest absolute Gasteiger partial charge is 0.168 e. The van der Waals surface area contributed by atoms with Crippen LogP contribution in [0.3, 0.4) is 0 Å². The fourth-order valence-corrected chi connectivity index (χ4v) is 1.68. The third kappa shape index (κ3) is 1.65. The Kier molecular flexibility index (Phi) is 2.86. The van der Waals surface area contributed by atoms with Gasteiger partial charge in [-0.3, -0.25) is 0 Å². The Morgan fingerprint density at radius 1 is 0.875 bits per heavy atom. The van der Waals surface area contributed by atoms with E-state index < -0.39 is 0 Å². The van der Waals surface area contributed by atoms with Crippen molar-refractivity contribution < 1.29 is 14.2 Å². The van der Waals surface area contributed by atoms with E-state index in [0.29, 0.717) is 11.5 Å². The van der Waals surface area contributed by atoms with Gasteiger partial charge in [-0.15, -0.1) is 0 Å². The van der Waals surface area contributed by atoms with Gasteiger partial charge in [0.15, 0.2) is 11.5 Å². The molecule has 0 saturated carbocycles. The summed E-state index contributed by atoms with van der Waals surface area (Å²) >= 11 is 0. The van der Waals surface area contributed by atoms with Crippen LogP contribution in [0.4, 0.5) is 0 Å². The fraction of sp³-hybridized carbons (Fsp3) is 0.231. The molecule has 1 radical (unpaired) electrons. The number of benzene rings is 2. The molecule has 0 saturated heterocycles. The second-order valence-corrected chi connectivity index (χ2v) is 3.29. The normalized spacial score (nSPS) is 10.2. The first kappa shape index (κ1) is 10.6. The van der Waals surface area contributed by atoms with Crippen molar-refractivity contribution in [1.29, 1.82) is 0 Å². The van der Waals surface area contributed by atoms with Crippen molar-refractivity contribution in [3.63, 3.8) is 0 Å². The highest BCUT2D eigenvalue weighted by molar-refractivity contribution is 5.91. The lowest BCUT2D eigenvalue weighted by Crippen LogP contribution is -1.92. The zero-order valence-corrected chi connectivity index (χ0v) is 9.53. The molecule has 3 nitrogen and oxygen atoms in total. The highest BCUT2D eigenvalue weighted by Crippen LogP contribution is 2.36. The number of methoxy groups -OCH3 is 3. The summed E-state index contributed by atoms with van der Waals surface area (Å²) in [7, 11) is 4.87. The summed E-state index contributed by atoms with van der Waals surface area (Å²) in [6, 6.07) is 10.7. The predicted octanol–water partition coefficient (Wildman–Crippen LogP) is 2.67. The van der Waals surface area contributed by atoms with Gasteiger partial charge in [-0.25, -0.2) is 0 Å². The standard InChI is InChI=1S/C13H13O3/c1-14-10-5-6-11-9(8-10)4-7-12(15-2)13(11)16-3/h4-7H,1-3H3. The topological polar surface area (TPSA) is 27.7 Å². The minimum atomic E-state index is 0.708. The molecule has 0 N–H and O–H groups in total. The van der Waals surface area contributed by atoms with Crippen LogP contribution in [-0.4, -0.2) is 21.3 Å². The van der Waals surface area contributed by atoms with E-state index in [4.69, 9.17) is 14.2 Å². The molecule has 83 valence electrons. The molecule has 2 aromatic carbocycles. The quantitative estimate of drug-likeness (QED) is 0.791. The van der Waals surface area contributed by atoms with Crippen LogP contribution in [0, 0.1) is 6.07 Å². The van der Waals surface area contributed by atoms with E-state index in [2.05, 4.69) is 6.07 Å². The van der Waals surface area contributed by atoms with Crippen molar-refractivity contribution in [2.45, 2.75) is 0 Å². The number of ether oxygens (including phenoxy) is 3. The van der Waals surface area contributed by atoms with E-state index in [1.807, 2.05) is 24.3 Å². The maximum Gasteiger partial charge on any atom is 0.168 e. The van der Waals surface area contributed by atoms with Gasteiger partial charge in [0, 0.05) is 11.5 Å². The molecule has 0 heterocycles. The van der Waals surface area contributed by atoms with Crippen molar-refractivity contribution in [2.75, 3.05) is 21.3 Å². The van der Waals surface area contributed by atoms with Crippen molar-refractivity contribution in [3.8, 4) is 17.2 Å². The number of rotatable bonds is 3. The SMILES string of the molecule is COc1[c]c2ccc(OC)c(OC)c2cc1. The lowest BCUT2D eigenvalue weighted by Gasteiger charge is -2.10. The summed E-state index contributed by atoms with van der Waals surface area (Å²) < 4.78 is 15.7. The minimum absolute atomic E-state index is 0.708. The van der Waals surface area contributed by atoms with Crippen molar-refractivity contribution in [2.24, 2.45) is 0 Å². The molecule has 0 atom stereocenters. The molecule has 0 aliphatic rings. The maximum atomic E-state index is 5.34. The molecule has 0 bridgehead atoms. The molecule has 3 heteroatoms. The Balaban J connectivity index is 2.69. The van der Waals surface area contributed by atoms with Crippen LogP contribution in [0.2, 0.25) is 0 Å². The van der Waals surface area contributed by atoms with Gasteiger partial charge in [0.05, 0.1) is 21.3 Å². The van der Waals surface area contributed by atoms with E-state index in [-0.39, 0.29) is 0 Å². The molecule has 0 spiro atoms. The van der Waals surface area contributed by atoms with Gasteiger partial charge in [-0.1, -0.05) is 0 Å². The average molecular weight is 217 g/mol.